The van der Waals surface area contributed by atoms with Gasteiger partial charge >= 0.3 is 0 Å². The van der Waals surface area contributed by atoms with Gasteiger partial charge in [-0.3, -0.25) is 4.98 Å². The molecule has 0 amide bonds. The molecule has 2 N–H and O–H groups in total. The van der Waals surface area contributed by atoms with Crippen molar-refractivity contribution in [1.29, 1.82) is 0 Å². The summed E-state index contributed by atoms with van der Waals surface area (Å²) in [7, 11) is -3.76. The Bertz CT molecular complexity index is 899. The molecule has 1 aromatic heterocycles. The summed E-state index contributed by atoms with van der Waals surface area (Å²) in [5.41, 5.74) is 3.38. The zero-order valence-corrected chi connectivity index (χ0v) is 13.2. The number of nitrogens with zero attached hydrogens (tertiary/aromatic N) is 1. The van der Waals surface area contributed by atoms with Gasteiger partial charge in [0.25, 0.3) is 0 Å². The van der Waals surface area contributed by atoms with E-state index in [9.17, 15) is 12.8 Å². The molecular weight excluding hydrogens is 315 g/mol. The zero-order chi connectivity index (χ0) is 16.6. The van der Waals surface area contributed by atoms with Crippen LogP contribution in [-0.2, 0) is 10.0 Å². The van der Waals surface area contributed by atoms with Crippen molar-refractivity contribution in [2.75, 3.05) is 0 Å². The molecule has 0 bridgehead atoms. The molecule has 1 aliphatic carbocycles. The van der Waals surface area contributed by atoms with Gasteiger partial charge in [-0.15, -0.1) is 0 Å². The SMILES string of the molecule is CC1C=C(c2ccc(F)cc2)C(c2ccc(S(N)(=O)=O)cn2)=C1. The molecule has 118 valence electrons. The molecule has 1 aromatic carbocycles. The minimum atomic E-state index is -3.76. The highest BCUT2D eigenvalue weighted by molar-refractivity contribution is 7.89. The van der Waals surface area contributed by atoms with Crippen LogP contribution in [0.4, 0.5) is 4.39 Å². The van der Waals surface area contributed by atoms with E-state index in [1.807, 2.05) is 13.0 Å². The second-order valence-electron chi connectivity index (χ2n) is 5.45. The van der Waals surface area contributed by atoms with Crippen LogP contribution in [0.15, 0.2) is 59.6 Å². The Morgan fingerprint density at radius 1 is 1.04 bits per heavy atom. The average molecular weight is 330 g/mol. The normalized spacial score (nSPS) is 17.8. The predicted molar refractivity (Wildman–Crippen MR) is 87.1 cm³/mol. The van der Waals surface area contributed by atoms with Gasteiger partial charge in [0.1, 0.15) is 10.7 Å². The predicted octanol–water partition coefficient (Wildman–Crippen LogP) is 2.98. The van der Waals surface area contributed by atoms with Crippen LogP contribution >= 0.6 is 0 Å². The third-order valence-electron chi connectivity index (χ3n) is 3.65. The van der Waals surface area contributed by atoms with Crippen LogP contribution in [0.2, 0.25) is 0 Å². The van der Waals surface area contributed by atoms with Crippen molar-refractivity contribution in [2.24, 2.45) is 11.1 Å². The van der Waals surface area contributed by atoms with Crippen LogP contribution in [0.1, 0.15) is 18.2 Å². The van der Waals surface area contributed by atoms with Crippen LogP contribution < -0.4 is 5.14 Å². The van der Waals surface area contributed by atoms with Crippen molar-refractivity contribution in [3.8, 4) is 0 Å². The average Bonchev–Trinajstić information content (AvgIpc) is 2.89. The molecule has 2 aromatic rings. The van der Waals surface area contributed by atoms with E-state index in [-0.39, 0.29) is 16.6 Å². The van der Waals surface area contributed by atoms with Crippen LogP contribution in [-0.4, -0.2) is 13.4 Å². The van der Waals surface area contributed by atoms with Gasteiger partial charge in [0.15, 0.2) is 0 Å². The Morgan fingerprint density at radius 2 is 1.70 bits per heavy atom. The molecule has 1 aliphatic rings. The number of benzene rings is 1. The highest BCUT2D eigenvalue weighted by Gasteiger charge is 2.19. The van der Waals surface area contributed by atoms with Gasteiger partial charge in [-0.2, -0.15) is 0 Å². The molecule has 4 nitrogen and oxygen atoms in total. The van der Waals surface area contributed by atoms with Crippen LogP contribution in [0, 0.1) is 11.7 Å². The zero-order valence-electron chi connectivity index (χ0n) is 12.4. The summed E-state index contributed by atoms with van der Waals surface area (Å²) in [6, 6.07) is 9.31. The van der Waals surface area contributed by atoms with Gasteiger partial charge in [0, 0.05) is 11.8 Å². The number of aromatic nitrogens is 1. The molecule has 1 atom stereocenters. The summed E-state index contributed by atoms with van der Waals surface area (Å²) >= 11 is 0. The summed E-state index contributed by atoms with van der Waals surface area (Å²) < 4.78 is 35.7. The van der Waals surface area contributed by atoms with Crippen molar-refractivity contribution in [1.82, 2.24) is 4.98 Å². The second kappa shape index (κ2) is 5.72. The largest absolute Gasteiger partial charge is 0.255 e. The third-order valence-corrected chi connectivity index (χ3v) is 4.54. The van der Waals surface area contributed by atoms with Gasteiger partial charge in [0.2, 0.25) is 10.0 Å². The summed E-state index contributed by atoms with van der Waals surface area (Å²) in [6.45, 7) is 2.04. The molecule has 23 heavy (non-hydrogen) atoms. The van der Waals surface area contributed by atoms with E-state index in [1.165, 1.54) is 24.4 Å². The number of hydrogen-bond donors (Lipinski definition) is 1. The monoisotopic (exact) mass is 330 g/mol. The second-order valence-corrected chi connectivity index (χ2v) is 7.01. The first-order valence-corrected chi connectivity index (χ1v) is 8.58. The maximum absolute atomic E-state index is 13.1. The number of pyridine rings is 1. The first kappa shape index (κ1) is 15.6. The Labute approximate surface area is 134 Å². The first-order valence-electron chi connectivity index (χ1n) is 7.04. The fourth-order valence-corrected chi connectivity index (χ4v) is 3.02. The summed E-state index contributed by atoms with van der Waals surface area (Å²) in [4.78, 5) is 4.18. The van der Waals surface area contributed by atoms with E-state index in [4.69, 9.17) is 5.14 Å². The number of allylic oxidation sites excluding steroid dienone is 4. The molecule has 0 saturated heterocycles. The maximum Gasteiger partial charge on any atom is 0.239 e. The smallest absolute Gasteiger partial charge is 0.239 e. The molecule has 1 heterocycles. The minimum absolute atomic E-state index is 0.0276. The van der Waals surface area contributed by atoms with Crippen LogP contribution in [0.25, 0.3) is 11.1 Å². The molecule has 0 aliphatic heterocycles. The molecule has 6 heteroatoms. The highest BCUT2D eigenvalue weighted by atomic mass is 32.2. The van der Waals surface area contributed by atoms with Crippen LogP contribution in [0.3, 0.4) is 0 Å². The van der Waals surface area contributed by atoms with E-state index in [0.717, 1.165) is 16.7 Å². The topological polar surface area (TPSA) is 73.1 Å². The third kappa shape index (κ3) is 3.23. The lowest BCUT2D eigenvalue weighted by atomic mass is 9.98. The number of hydrogen-bond acceptors (Lipinski definition) is 3. The van der Waals surface area contributed by atoms with Gasteiger partial charge < -0.3 is 0 Å². The van der Waals surface area contributed by atoms with Gasteiger partial charge in [-0.05, 0) is 41.3 Å². The molecule has 3 rings (SSSR count). The number of sulfonamides is 1. The number of primary sulfonamides is 1. The van der Waals surface area contributed by atoms with E-state index in [1.54, 1.807) is 18.2 Å². The lowest BCUT2D eigenvalue weighted by Crippen LogP contribution is -2.12. The van der Waals surface area contributed by atoms with Crippen molar-refractivity contribution in [2.45, 2.75) is 11.8 Å². The summed E-state index contributed by atoms with van der Waals surface area (Å²) in [5, 5.41) is 5.09. The van der Waals surface area contributed by atoms with Crippen molar-refractivity contribution < 1.29 is 12.8 Å². The van der Waals surface area contributed by atoms with E-state index < -0.39 is 10.0 Å². The molecule has 0 spiro atoms. The van der Waals surface area contributed by atoms with Gasteiger partial charge in [-0.1, -0.05) is 31.2 Å². The fourth-order valence-electron chi connectivity index (χ4n) is 2.57. The molecular formula is C17H15FN2O2S. The minimum Gasteiger partial charge on any atom is -0.255 e. The highest BCUT2D eigenvalue weighted by Crippen LogP contribution is 2.37. The molecule has 0 radical (unpaired) electrons. The van der Waals surface area contributed by atoms with Crippen molar-refractivity contribution >= 4 is 21.2 Å². The standard InChI is InChI=1S/C17H15FN2O2S/c1-11-8-15(12-2-4-13(18)5-3-12)16(9-11)17-7-6-14(10-20-17)23(19,21)22/h2-11H,1H3,(H2,19,21,22). The summed E-state index contributed by atoms with van der Waals surface area (Å²) in [6.07, 6.45) is 5.35. The number of rotatable bonds is 3. The fraction of sp³-hybridized carbons (Fsp3) is 0.118. The lowest BCUT2D eigenvalue weighted by Gasteiger charge is -2.09. The Morgan fingerprint density at radius 3 is 2.26 bits per heavy atom. The van der Waals surface area contributed by atoms with Crippen LogP contribution in [0.5, 0.6) is 0 Å². The maximum atomic E-state index is 13.1. The van der Waals surface area contributed by atoms with Gasteiger partial charge in [0.05, 0.1) is 5.69 Å². The number of halogens is 1. The quantitative estimate of drug-likeness (QED) is 0.940. The summed E-state index contributed by atoms with van der Waals surface area (Å²) in [5.74, 6) is -0.0775. The molecule has 0 fully saturated rings. The van der Waals surface area contributed by atoms with Crippen molar-refractivity contribution in [3.05, 3.63) is 71.8 Å². The lowest BCUT2D eigenvalue weighted by molar-refractivity contribution is 0.597. The Hall–Kier alpha value is -2.31. The molecule has 0 saturated carbocycles. The number of nitrogens with two attached hydrogens (primary N) is 1. The van der Waals surface area contributed by atoms with Crippen molar-refractivity contribution in [3.63, 3.8) is 0 Å². The Kier molecular flexibility index (Phi) is 3.87. The first-order chi connectivity index (χ1) is 10.8. The molecule has 1 unspecified atom stereocenters. The van der Waals surface area contributed by atoms with E-state index >= 15 is 0 Å². The van der Waals surface area contributed by atoms with E-state index in [0.29, 0.717) is 5.69 Å². The van der Waals surface area contributed by atoms with E-state index in [2.05, 4.69) is 11.1 Å². The van der Waals surface area contributed by atoms with Gasteiger partial charge in [-0.25, -0.2) is 17.9 Å². The Balaban J connectivity index is 2.00.